The Kier molecular flexibility index (Phi) is 5.47. The molecule has 0 saturated heterocycles. The smallest absolute Gasteiger partial charge is 0.332 e. The van der Waals surface area contributed by atoms with Gasteiger partial charge in [-0.25, -0.2) is 4.79 Å². The fourth-order valence-corrected chi connectivity index (χ4v) is 3.71. The minimum absolute atomic E-state index is 0.169. The SMILES string of the molecule is Cc1cc(C)cc(-c2nnc(SC(C)C(=O)c3c(N)n(C)c(=O)n(C)c3=O)o2)c1. The van der Waals surface area contributed by atoms with Crippen LogP contribution in [-0.4, -0.2) is 30.4 Å². The molecule has 9 nitrogen and oxygen atoms in total. The quantitative estimate of drug-likeness (QED) is 0.493. The normalized spacial score (nSPS) is 12.2. The Morgan fingerprint density at radius 2 is 1.72 bits per heavy atom. The van der Waals surface area contributed by atoms with E-state index in [1.807, 2.05) is 32.0 Å². The van der Waals surface area contributed by atoms with Gasteiger partial charge in [-0.05, 0) is 32.9 Å². The molecule has 0 aliphatic rings. The average Bonchev–Trinajstić information content (AvgIpc) is 3.12. The van der Waals surface area contributed by atoms with Crippen LogP contribution in [0.25, 0.3) is 11.5 Å². The largest absolute Gasteiger partial charge is 0.411 e. The fourth-order valence-electron chi connectivity index (χ4n) is 2.97. The number of nitrogen functional groups attached to an aromatic ring is 1. The van der Waals surface area contributed by atoms with Gasteiger partial charge in [0.15, 0.2) is 5.78 Å². The Morgan fingerprint density at radius 3 is 2.34 bits per heavy atom. The van der Waals surface area contributed by atoms with Gasteiger partial charge in [-0.3, -0.25) is 18.7 Å². The van der Waals surface area contributed by atoms with Crippen LogP contribution in [0.2, 0.25) is 0 Å². The monoisotopic (exact) mass is 415 g/mol. The van der Waals surface area contributed by atoms with Crippen molar-refractivity contribution >= 4 is 23.4 Å². The van der Waals surface area contributed by atoms with Crippen molar-refractivity contribution in [3.63, 3.8) is 0 Å². The van der Waals surface area contributed by atoms with E-state index >= 15 is 0 Å². The summed E-state index contributed by atoms with van der Waals surface area (Å²) in [6.07, 6.45) is 0. The summed E-state index contributed by atoms with van der Waals surface area (Å²) in [5, 5.41) is 7.50. The molecule has 0 spiro atoms. The number of rotatable bonds is 5. The minimum atomic E-state index is -0.732. The van der Waals surface area contributed by atoms with Crippen molar-refractivity contribution < 1.29 is 9.21 Å². The number of hydrogen-bond donors (Lipinski definition) is 1. The molecule has 2 N–H and O–H groups in total. The van der Waals surface area contributed by atoms with Crippen LogP contribution in [0.15, 0.2) is 37.4 Å². The van der Waals surface area contributed by atoms with Crippen LogP contribution < -0.4 is 17.0 Å². The molecule has 152 valence electrons. The summed E-state index contributed by atoms with van der Waals surface area (Å²) in [6, 6.07) is 5.89. The Hall–Kier alpha value is -3.14. The van der Waals surface area contributed by atoms with Crippen LogP contribution in [0, 0.1) is 13.8 Å². The van der Waals surface area contributed by atoms with E-state index in [1.165, 1.54) is 14.1 Å². The Labute approximate surface area is 170 Å². The minimum Gasteiger partial charge on any atom is -0.411 e. The summed E-state index contributed by atoms with van der Waals surface area (Å²) in [7, 11) is 2.70. The highest BCUT2D eigenvalue weighted by molar-refractivity contribution is 8.00. The molecule has 2 aromatic heterocycles. The van der Waals surface area contributed by atoms with Crippen molar-refractivity contribution in [3.8, 4) is 11.5 Å². The van der Waals surface area contributed by atoms with E-state index < -0.39 is 22.3 Å². The number of aromatic nitrogens is 4. The summed E-state index contributed by atoms with van der Waals surface area (Å²) in [6.45, 7) is 5.56. The Bertz CT molecular complexity index is 1200. The van der Waals surface area contributed by atoms with Gasteiger partial charge in [-0.15, -0.1) is 10.2 Å². The summed E-state index contributed by atoms with van der Waals surface area (Å²) in [4.78, 5) is 37.2. The molecule has 3 rings (SSSR count). The molecule has 0 aliphatic heterocycles. The van der Waals surface area contributed by atoms with Crippen molar-refractivity contribution in [2.45, 2.75) is 31.2 Å². The number of carbonyl (C=O) groups excluding carboxylic acids is 1. The number of ketones is 1. The number of carbonyl (C=O) groups is 1. The molecule has 0 fully saturated rings. The highest BCUT2D eigenvalue weighted by atomic mass is 32.2. The molecule has 0 saturated carbocycles. The van der Waals surface area contributed by atoms with Crippen molar-refractivity contribution in [1.82, 2.24) is 19.3 Å². The molecule has 2 heterocycles. The topological polar surface area (TPSA) is 126 Å². The van der Waals surface area contributed by atoms with Gasteiger partial charge in [-0.2, -0.15) is 0 Å². The summed E-state index contributed by atoms with van der Waals surface area (Å²) in [5.41, 5.74) is 7.22. The number of nitrogens with two attached hydrogens (primary N) is 1. The van der Waals surface area contributed by atoms with E-state index in [0.717, 1.165) is 37.6 Å². The molecule has 29 heavy (non-hydrogen) atoms. The molecule has 1 atom stereocenters. The zero-order valence-corrected chi connectivity index (χ0v) is 17.5. The molecule has 10 heteroatoms. The number of benzene rings is 1. The van der Waals surface area contributed by atoms with E-state index in [-0.39, 0.29) is 16.6 Å². The Morgan fingerprint density at radius 1 is 1.10 bits per heavy atom. The van der Waals surface area contributed by atoms with E-state index in [4.69, 9.17) is 10.2 Å². The zero-order valence-electron chi connectivity index (χ0n) is 16.7. The lowest BCUT2D eigenvalue weighted by Gasteiger charge is -2.13. The van der Waals surface area contributed by atoms with Crippen molar-refractivity contribution in [2.24, 2.45) is 14.1 Å². The van der Waals surface area contributed by atoms with Gasteiger partial charge < -0.3 is 10.2 Å². The molecule has 1 aromatic carbocycles. The molecular weight excluding hydrogens is 394 g/mol. The summed E-state index contributed by atoms with van der Waals surface area (Å²) < 4.78 is 7.60. The van der Waals surface area contributed by atoms with Gasteiger partial charge in [0.1, 0.15) is 11.4 Å². The van der Waals surface area contributed by atoms with Crippen LogP contribution in [0.4, 0.5) is 5.82 Å². The van der Waals surface area contributed by atoms with E-state index in [0.29, 0.717) is 5.89 Å². The summed E-state index contributed by atoms with van der Waals surface area (Å²) in [5.74, 6) is -0.344. The molecule has 0 radical (unpaired) electrons. The first-order valence-electron chi connectivity index (χ1n) is 8.78. The van der Waals surface area contributed by atoms with E-state index in [2.05, 4.69) is 10.2 Å². The Balaban J connectivity index is 1.88. The highest BCUT2D eigenvalue weighted by Crippen LogP contribution is 2.28. The number of hydrogen-bond acceptors (Lipinski definition) is 8. The third kappa shape index (κ3) is 3.88. The molecule has 3 aromatic rings. The number of anilines is 1. The van der Waals surface area contributed by atoms with Gasteiger partial charge in [0.25, 0.3) is 10.8 Å². The predicted octanol–water partition coefficient (Wildman–Crippen LogP) is 1.70. The van der Waals surface area contributed by atoms with Gasteiger partial charge >= 0.3 is 5.69 Å². The fraction of sp³-hybridized carbons (Fsp3) is 0.316. The maximum absolute atomic E-state index is 12.9. The van der Waals surface area contributed by atoms with Gasteiger partial charge in [0, 0.05) is 19.7 Å². The number of nitrogens with zero attached hydrogens (tertiary/aromatic N) is 4. The highest BCUT2D eigenvalue weighted by Gasteiger charge is 2.27. The van der Waals surface area contributed by atoms with E-state index in [1.54, 1.807) is 6.92 Å². The second kappa shape index (κ2) is 7.70. The van der Waals surface area contributed by atoms with E-state index in [9.17, 15) is 14.4 Å². The first-order valence-corrected chi connectivity index (χ1v) is 9.66. The van der Waals surface area contributed by atoms with Gasteiger partial charge in [-0.1, -0.05) is 29.0 Å². The lowest BCUT2D eigenvalue weighted by atomic mass is 10.1. The first-order chi connectivity index (χ1) is 13.6. The second-order valence-electron chi connectivity index (χ2n) is 6.84. The molecule has 0 amide bonds. The van der Waals surface area contributed by atoms with Crippen LogP contribution in [0.3, 0.4) is 0 Å². The van der Waals surface area contributed by atoms with Gasteiger partial charge in [0.2, 0.25) is 5.89 Å². The molecular formula is C19H21N5O4S. The number of Topliss-reactive ketones (excluding diaryl/α,β-unsaturated/α-hetero) is 1. The van der Waals surface area contributed by atoms with Crippen LogP contribution in [0.5, 0.6) is 0 Å². The maximum atomic E-state index is 12.9. The maximum Gasteiger partial charge on any atom is 0.332 e. The third-order valence-electron chi connectivity index (χ3n) is 4.48. The summed E-state index contributed by atoms with van der Waals surface area (Å²) >= 11 is 1.02. The molecule has 0 bridgehead atoms. The third-order valence-corrected chi connectivity index (χ3v) is 5.41. The van der Waals surface area contributed by atoms with Crippen LogP contribution >= 0.6 is 11.8 Å². The zero-order chi connectivity index (χ0) is 21.5. The van der Waals surface area contributed by atoms with Crippen LogP contribution in [0.1, 0.15) is 28.4 Å². The number of aryl methyl sites for hydroxylation is 2. The number of thioether (sulfide) groups is 1. The van der Waals surface area contributed by atoms with Crippen molar-refractivity contribution in [2.75, 3.05) is 5.73 Å². The standard InChI is InChI=1S/C19H21N5O4S/c1-9-6-10(2)8-12(7-9)16-21-22-18(28-16)29-11(3)14(25)13-15(20)23(4)19(27)24(5)17(13)26/h6-8,11H,20H2,1-5H3. The average molecular weight is 415 g/mol. The van der Waals surface area contributed by atoms with Crippen molar-refractivity contribution in [1.29, 1.82) is 0 Å². The second-order valence-corrected chi connectivity index (χ2v) is 8.13. The van der Waals surface area contributed by atoms with Gasteiger partial charge in [0.05, 0.1) is 5.25 Å². The lowest BCUT2D eigenvalue weighted by Crippen LogP contribution is -2.42. The lowest BCUT2D eigenvalue weighted by molar-refractivity contribution is 0.0991. The molecule has 1 unspecified atom stereocenters. The molecule has 0 aliphatic carbocycles. The van der Waals surface area contributed by atoms with Crippen molar-refractivity contribution in [3.05, 3.63) is 55.7 Å². The first kappa shape index (κ1) is 20.6. The van der Waals surface area contributed by atoms with Crippen LogP contribution in [-0.2, 0) is 14.1 Å². The predicted molar refractivity (Wildman–Crippen MR) is 110 cm³/mol.